The molecule has 1 N–H and O–H groups in total. The van der Waals surface area contributed by atoms with Crippen molar-refractivity contribution >= 4 is 21.9 Å². The van der Waals surface area contributed by atoms with Crippen LogP contribution in [0.1, 0.15) is 16.7 Å². The molecule has 0 saturated carbocycles. The molecule has 0 aliphatic rings. The van der Waals surface area contributed by atoms with Gasteiger partial charge in [-0.2, -0.15) is 0 Å². The number of benzene rings is 1. The molecule has 0 aliphatic carbocycles. The highest BCUT2D eigenvalue weighted by atomic mass is 16.4. The van der Waals surface area contributed by atoms with Crippen LogP contribution in [-0.2, 0) is 6.61 Å². The molecule has 0 atom stereocenters. The summed E-state index contributed by atoms with van der Waals surface area (Å²) < 4.78 is 10.8. The minimum Gasteiger partial charge on any atom is -0.464 e. The smallest absolute Gasteiger partial charge is 0.336 e. The molecule has 0 aliphatic heterocycles. The van der Waals surface area contributed by atoms with Crippen molar-refractivity contribution in [2.75, 3.05) is 0 Å². The van der Waals surface area contributed by atoms with Crippen LogP contribution in [0.3, 0.4) is 0 Å². The Bertz CT molecular complexity index is 808. The van der Waals surface area contributed by atoms with E-state index in [2.05, 4.69) is 0 Å². The number of furan rings is 1. The molecule has 3 rings (SSSR count). The molecule has 0 fully saturated rings. The standard InChI is InChI=1S/C14H12O4/c1-7-3-10-9(5-15)4-11(16)18-14(10)12-8(2)6-17-13(7)12/h3-4,6,15H,5H2,1-2H3. The Balaban J connectivity index is 2.66. The maximum absolute atomic E-state index is 11.5. The van der Waals surface area contributed by atoms with Crippen LogP contribution in [0.15, 0.2) is 32.0 Å². The number of aliphatic hydroxyl groups is 1. The molecule has 2 aromatic heterocycles. The Morgan fingerprint density at radius 2 is 1.94 bits per heavy atom. The van der Waals surface area contributed by atoms with Crippen LogP contribution >= 0.6 is 0 Å². The summed E-state index contributed by atoms with van der Waals surface area (Å²) in [5.41, 5.74) is 3.19. The van der Waals surface area contributed by atoms with Gasteiger partial charge in [-0.05, 0) is 36.6 Å². The molecule has 0 amide bonds. The SMILES string of the molecule is Cc1cc2c(CO)cc(=O)oc2c2c(C)coc12. The molecule has 0 spiro atoms. The van der Waals surface area contributed by atoms with E-state index in [0.29, 0.717) is 11.1 Å². The molecule has 92 valence electrons. The summed E-state index contributed by atoms with van der Waals surface area (Å²) in [6.45, 7) is 3.64. The summed E-state index contributed by atoms with van der Waals surface area (Å²) in [4.78, 5) is 11.5. The Morgan fingerprint density at radius 1 is 1.17 bits per heavy atom. The monoisotopic (exact) mass is 244 g/mol. The fraction of sp³-hybridized carbons (Fsp3) is 0.214. The van der Waals surface area contributed by atoms with Crippen molar-refractivity contribution in [2.45, 2.75) is 20.5 Å². The van der Waals surface area contributed by atoms with Gasteiger partial charge in [0.2, 0.25) is 0 Å². The molecule has 2 heterocycles. The largest absolute Gasteiger partial charge is 0.464 e. The number of hydrogen-bond acceptors (Lipinski definition) is 4. The molecular weight excluding hydrogens is 232 g/mol. The van der Waals surface area contributed by atoms with E-state index in [1.165, 1.54) is 6.07 Å². The van der Waals surface area contributed by atoms with Gasteiger partial charge in [0.15, 0.2) is 0 Å². The molecule has 4 nitrogen and oxygen atoms in total. The molecular formula is C14H12O4. The second kappa shape index (κ2) is 3.71. The second-order valence-electron chi connectivity index (χ2n) is 4.44. The van der Waals surface area contributed by atoms with Gasteiger partial charge in [0.1, 0.15) is 11.2 Å². The van der Waals surface area contributed by atoms with E-state index in [1.54, 1.807) is 6.26 Å². The second-order valence-corrected chi connectivity index (χ2v) is 4.44. The zero-order valence-electron chi connectivity index (χ0n) is 10.1. The van der Waals surface area contributed by atoms with Crippen LogP contribution in [0.4, 0.5) is 0 Å². The van der Waals surface area contributed by atoms with Gasteiger partial charge in [0, 0.05) is 11.5 Å². The molecule has 0 unspecified atom stereocenters. The maximum atomic E-state index is 11.5. The predicted molar refractivity (Wildman–Crippen MR) is 67.7 cm³/mol. The molecule has 0 saturated heterocycles. The summed E-state index contributed by atoms with van der Waals surface area (Å²) in [6, 6.07) is 3.19. The fourth-order valence-corrected chi connectivity index (χ4v) is 2.32. The number of aliphatic hydroxyl groups excluding tert-OH is 1. The van der Waals surface area contributed by atoms with Gasteiger partial charge in [0.25, 0.3) is 0 Å². The van der Waals surface area contributed by atoms with E-state index in [4.69, 9.17) is 8.83 Å². The van der Waals surface area contributed by atoms with E-state index < -0.39 is 5.63 Å². The fourth-order valence-electron chi connectivity index (χ4n) is 2.32. The normalized spacial score (nSPS) is 11.5. The molecule has 0 bridgehead atoms. The number of hydrogen-bond donors (Lipinski definition) is 1. The highest BCUT2D eigenvalue weighted by Gasteiger charge is 2.15. The van der Waals surface area contributed by atoms with Crippen LogP contribution in [0.5, 0.6) is 0 Å². The van der Waals surface area contributed by atoms with Gasteiger partial charge >= 0.3 is 5.63 Å². The number of rotatable bonds is 1. The first kappa shape index (κ1) is 11.0. The zero-order valence-corrected chi connectivity index (χ0v) is 10.1. The molecule has 4 heteroatoms. The minimum atomic E-state index is -0.461. The van der Waals surface area contributed by atoms with Gasteiger partial charge < -0.3 is 13.9 Å². The summed E-state index contributed by atoms with van der Waals surface area (Å²) in [6.07, 6.45) is 1.64. The van der Waals surface area contributed by atoms with Crippen molar-refractivity contribution in [2.24, 2.45) is 0 Å². The van der Waals surface area contributed by atoms with Crippen molar-refractivity contribution in [3.05, 3.63) is 45.5 Å². The lowest BCUT2D eigenvalue weighted by molar-refractivity contribution is 0.282. The van der Waals surface area contributed by atoms with Crippen molar-refractivity contribution in [3.63, 3.8) is 0 Å². The molecule has 3 aromatic rings. The van der Waals surface area contributed by atoms with Crippen molar-refractivity contribution in [1.82, 2.24) is 0 Å². The summed E-state index contributed by atoms with van der Waals surface area (Å²) in [5, 5.41) is 10.9. The summed E-state index contributed by atoms with van der Waals surface area (Å²) in [5.74, 6) is 0. The van der Waals surface area contributed by atoms with E-state index >= 15 is 0 Å². The summed E-state index contributed by atoms with van der Waals surface area (Å²) in [7, 11) is 0. The van der Waals surface area contributed by atoms with Crippen LogP contribution in [0.2, 0.25) is 0 Å². The number of aryl methyl sites for hydroxylation is 2. The van der Waals surface area contributed by atoms with E-state index in [0.717, 1.165) is 27.5 Å². The van der Waals surface area contributed by atoms with Gasteiger partial charge in [-0.3, -0.25) is 0 Å². The van der Waals surface area contributed by atoms with Gasteiger partial charge in [0.05, 0.1) is 18.3 Å². The molecule has 18 heavy (non-hydrogen) atoms. The average Bonchev–Trinajstić information content (AvgIpc) is 2.73. The first-order valence-electron chi connectivity index (χ1n) is 5.67. The number of fused-ring (bicyclic) bond motifs is 3. The molecule has 0 radical (unpaired) electrons. The van der Waals surface area contributed by atoms with Crippen molar-refractivity contribution in [1.29, 1.82) is 0 Å². The Hall–Kier alpha value is -2.07. The van der Waals surface area contributed by atoms with Crippen molar-refractivity contribution < 1.29 is 13.9 Å². The minimum absolute atomic E-state index is 0.191. The van der Waals surface area contributed by atoms with Crippen LogP contribution in [0.25, 0.3) is 21.9 Å². The van der Waals surface area contributed by atoms with Crippen LogP contribution < -0.4 is 5.63 Å². The van der Waals surface area contributed by atoms with E-state index in [-0.39, 0.29) is 6.61 Å². The van der Waals surface area contributed by atoms with Gasteiger partial charge in [-0.1, -0.05) is 0 Å². The quantitative estimate of drug-likeness (QED) is 0.668. The first-order valence-corrected chi connectivity index (χ1v) is 5.67. The third kappa shape index (κ3) is 1.39. The lowest BCUT2D eigenvalue weighted by atomic mass is 10.0. The van der Waals surface area contributed by atoms with Gasteiger partial charge in [-0.15, -0.1) is 0 Å². The lowest BCUT2D eigenvalue weighted by Gasteiger charge is -2.05. The highest BCUT2D eigenvalue weighted by molar-refractivity contribution is 6.06. The van der Waals surface area contributed by atoms with Crippen LogP contribution in [-0.4, -0.2) is 5.11 Å². The average molecular weight is 244 g/mol. The van der Waals surface area contributed by atoms with Crippen LogP contribution in [0, 0.1) is 13.8 Å². The Kier molecular flexibility index (Phi) is 2.28. The highest BCUT2D eigenvalue weighted by Crippen LogP contribution is 2.32. The third-order valence-corrected chi connectivity index (χ3v) is 3.18. The van der Waals surface area contributed by atoms with E-state index in [9.17, 15) is 9.90 Å². The Labute approximate surface area is 102 Å². The Morgan fingerprint density at radius 3 is 2.67 bits per heavy atom. The lowest BCUT2D eigenvalue weighted by Crippen LogP contribution is -2.01. The molecule has 1 aromatic carbocycles. The first-order chi connectivity index (χ1) is 8.61. The van der Waals surface area contributed by atoms with E-state index in [1.807, 2.05) is 19.9 Å². The third-order valence-electron chi connectivity index (χ3n) is 3.18. The summed E-state index contributed by atoms with van der Waals surface area (Å²) >= 11 is 0. The topological polar surface area (TPSA) is 63.6 Å². The zero-order chi connectivity index (χ0) is 12.9. The predicted octanol–water partition coefficient (Wildman–Crippen LogP) is 2.65. The van der Waals surface area contributed by atoms with Gasteiger partial charge in [-0.25, -0.2) is 4.79 Å². The van der Waals surface area contributed by atoms with Crippen molar-refractivity contribution in [3.8, 4) is 0 Å². The maximum Gasteiger partial charge on any atom is 0.336 e.